The third-order valence-corrected chi connectivity index (χ3v) is 2.58. The van der Waals surface area contributed by atoms with Gasteiger partial charge in [-0.1, -0.05) is 0 Å². The summed E-state index contributed by atoms with van der Waals surface area (Å²) in [4.78, 5) is 10.6. The molecule has 0 saturated carbocycles. The van der Waals surface area contributed by atoms with Crippen molar-refractivity contribution in [3.05, 3.63) is 0 Å². The number of nitrogens with one attached hydrogen (secondary N) is 1. The van der Waals surface area contributed by atoms with Crippen molar-refractivity contribution in [3.63, 3.8) is 0 Å². The summed E-state index contributed by atoms with van der Waals surface area (Å²) in [5, 5.41) is 21.0. The van der Waals surface area contributed by atoms with Crippen LogP contribution in [0, 0.1) is 0 Å². The lowest BCUT2D eigenvalue weighted by molar-refractivity contribution is -0.156. The molecule has 15 heavy (non-hydrogen) atoms. The first kappa shape index (κ1) is 12.4. The fraction of sp³-hybridized carbons (Fsp3) is 0.900. The van der Waals surface area contributed by atoms with Gasteiger partial charge in [-0.25, -0.2) is 4.79 Å². The molecule has 2 atom stereocenters. The van der Waals surface area contributed by atoms with E-state index in [1.165, 1.54) is 6.92 Å². The van der Waals surface area contributed by atoms with E-state index in [1.54, 1.807) is 0 Å². The lowest BCUT2D eigenvalue weighted by Crippen LogP contribution is -2.47. The number of carbonyl (C=O) groups is 1. The van der Waals surface area contributed by atoms with Crippen molar-refractivity contribution in [2.24, 2.45) is 0 Å². The molecule has 2 unspecified atom stereocenters. The molecular formula is C10H19NO4. The summed E-state index contributed by atoms with van der Waals surface area (Å²) >= 11 is 0. The van der Waals surface area contributed by atoms with Gasteiger partial charge in [-0.15, -0.1) is 0 Å². The van der Waals surface area contributed by atoms with Crippen molar-refractivity contribution in [2.75, 3.05) is 19.7 Å². The fourth-order valence-corrected chi connectivity index (χ4v) is 1.52. The molecule has 0 bridgehead atoms. The van der Waals surface area contributed by atoms with Crippen LogP contribution in [0.15, 0.2) is 0 Å². The minimum absolute atomic E-state index is 0.0438. The second-order valence-electron chi connectivity index (χ2n) is 4.20. The van der Waals surface area contributed by atoms with Crippen LogP contribution in [0.1, 0.15) is 26.2 Å². The van der Waals surface area contributed by atoms with Gasteiger partial charge in [0.25, 0.3) is 0 Å². The molecular weight excluding hydrogens is 198 g/mol. The zero-order chi connectivity index (χ0) is 11.3. The van der Waals surface area contributed by atoms with Gasteiger partial charge in [0.2, 0.25) is 0 Å². The highest BCUT2D eigenvalue weighted by molar-refractivity contribution is 5.76. The molecule has 5 nitrogen and oxygen atoms in total. The second-order valence-corrected chi connectivity index (χ2v) is 4.20. The summed E-state index contributed by atoms with van der Waals surface area (Å²) in [5.74, 6) is -1.21. The molecule has 1 rings (SSSR count). The first-order valence-electron chi connectivity index (χ1n) is 5.30. The number of hydrogen-bond acceptors (Lipinski definition) is 4. The molecule has 0 aromatic rings. The number of aliphatic hydroxyl groups is 1. The quantitative estimate of drug-likeness (QED) is 0.603. The number of rotatable bonds is 5. The van der Waals surface area contributed by atoms with Gasteiger partial charge < -0.3 is 20.3 Å². The Bertz CT molecular complexity index is 211. The van der Waals surface area contributed by atoms with Crippen molar-refractivity contribution < 1.29 is 19.7 Å². The van der Waals surface area contributed by atoms with Crippen LogP contribution >= 0.6 is 0 Å². The second kappa shape index (κ2) is 5.44. The highest BCUT2D eigenvalue weighted by atomic mass is 16.5. The van der Waals surface area contributed by atoms with Crippen LogP contribution in [-0.2, 0) is 9.53 Å². The van der Waals surface area contributed by atoms with Crippen LogP contribution in [0.2, 0.25) is 0 Å². The van der Waals surface area contributed by atoms with Gasteiger partial charge in [0, 0.05) is 19.7 Å². The highest BCUT2D eigenvalue weighted by Crippen LogP contribution is 2.11. The normalized spacial score (nSPS) is 25.9. The Morgan fingerprint density at radius 3 is 2.87 bits per heavy atom. The van der Waals surface area contributed by atoms with E-state index < -0.39 is 11.6 Å². The van der Waals surface area contributed by atoms with Crippen molar-refractivity contribution in [2.45, 2.75) is 37.9 Å². The van der Waals surface area contributed by atoms with Gasteiger partial charge in [0.05, 0.1) is 6.10 Å². The van der Waals surface area contributed by atoms with Crippen molar-refractivity contribution >= 4 is 5.97 Å². The average molecular weight is 217 g/mol. The Morgan fingerprint density at radius 1 is 1.60 bits per heavy atom. The first-order chi connectivity index (χ1) is 7.02. The molecule has 0 amide bonds. The van der Waals surface area contributed by atoms with E-state index in [2.05, 4.69) is 5.32 Å². The molecule has 1 heterocycles. The minimum Gasteiger partial charge on any atom is -0.479 e. The first-order valence-corrected chi connectivity index (χ1v) is 5.30. The van der Waals surface area contributed by atoms with Crippen LogP contribution < -0.4 is 5.32 Å². The monoisotopic (exact) mass is 217 g/mol. The fourth-order valence-electron chi connectivity index (χ4n) is 1.52. The Balaban J connectivity index is 2.17. The standard InChI is InChI=1S/C10H19NO4/c1-10(14,9(12)13)7-11-6-8-4-2-3-5-15-8/h8,11,14H,2-7H2,1H3,(H,12,13). The molecule has 0 radical (unpaired) electrons. The molecule has 0 spiro atoms. The number of carboxylic acids is 1. The van der Waals surface area contributed by atoms with E-state index in [-0.39, 0.29) is 12.6 Å². The van der Waals surface area contributed by atoms with Gasteiger partial charge in [-0.05, 0) is 26.2 Å². The lowest BCUT2D eigenvalue weighted by Gasteiger charge is -2.25. The summed E-state index contributed by atoms with van der Waals surface area (Å²) in [5.41, 5.74) is -1.70. The summed E-state index contributed by atoms with van der Waals surface area (Å²) < 4.78 is 5.46. The summed E-state index contributed by atoms with van der Waals surface area (Å²) in [6.45, 7) is 2.71. The van der Waals surface area contributed by atoms with Crippen LogP contribution in [0.25, 0.3) is 0 Å². The van der Waals surface area contributed by atoms with Crippen LogP contribution in [-0.4, -0.2) is 47.6 Å². The van der Waals surface area contributed by atoms with Crippen LogP contribution in [0.4, 0.5) is 0 Å². The third kappa shape index (κ3) is 4.15. The largest absolute Gasteiger partial charge is 0.479 e. The van der Waals surface area contributed by atoms with Gasteiger partial charge in [-0.3, -0.25) is 0 Å². The molecule has 0 aliphatic carbocycles. The molecule has 5 heteroatoms. The zero-order valence-corrected chi connectivity index (χ0v) is 9.03. The smallest absolute Gasteiger partial charge is 0.336 e. The molecule has 1 fully saturated rings. The molecule has 1 saturated heterocycles. The van der Waals surface area contributed by atoms with Crippen LogP contribution in [0.3, 0.4) is 0 Å². The predicted octanol–water partition coefficient (Wildman–Crippen LogP) is -0.0193. The van der Waals surface area contributed by atoms with Crippen molar-refractivity contribution in [1.82, 2.24) is 5.32 Å². The van der Waals surface area contributed by atoms with Gasteiger partial charge >= 0.3 is 5.97 Å². The van der Waals surface area contributed by atoms with Crippen molar-refractivity contribution in [3.8, 4) is 0 Å². The summed E-state index contributed by atoms with van der Waals surface area (Å²) in [6.07, 6.45) is 3.41. The summed E-state index contributed by atoms with van der Waals surface area (Å²) in [6, 6.07) is 0. The van der Waals surface area contributed by atoms with E-state index in [0.717, 1.165) is 25.9 Å². The molecule has 0 aromatic heterocycles. The molecule has 88 valence electrons. The van der Waals surface area contributed by atoms with Gasteiger partial charge in [0.1, 0.15) is 0 Å². The number of carboxylic acid groups (broad SMARTS) is 1. The van der Waals surface area contributed by atoms with Gasteiger partial charge in [0.15, 0.2) is 5.60 Å². The predicted molar refractivity (Wildman–Crippen MR) is 54.7 cm³/mol. The molecule has 3 N–H and O–H groups in total. The Kier molecular flexibility index (Phi) is 4.50. The Labute approximate surface area is 89.4 Å². The lowest BCUT2D eigenvalue weighted by atomic mass is 10.1. The molecule has 1 aliphatic heterocycles. The maximum atomic E-state index is 10.6. The SMILES string of the molecule is CC(O)(CNCC1CCCCO1)C(=O)O. The van der Waals surface area contributed by atoms with E-state index in [0.29, 0.717) is 6.54 Å². The van der Waals surface area contributed by atoms with E-state index in [9.17, 15) is 9.90 Å². The number of hydrogen-bond donors (Lipinski definition) is 3. The van der Waals surface area contributed by atoms with Crippen molar-refractivity contribution in [1.29, 1.82) is 0 Å². The minimum atomic E-state index is -1.70. The molecule has 1 aliphatic rings. The van der Waals surface area contributed by atoms with E-state index >= 15 is 0 Å². The topological polar surface area (TPSA) is 78.8 Å². The maximum Gasteiger partial charge on any atom is 0.336 e. The Morgan fingerprint density at radius 2 is 2.33 bits per heavy atom. The maximum absolute atomic E-state index is 10.6. The number of aliphatic carboxylic acids is 1. The van der Waals surface area contributed by atoms with E-state index in [1.807, 2.05) is 0 Å². The Hall–Kier alpha value is -0.650. The van der Waals surface area contributed by atoms with Gasteiger partial charge in [-0.2, -0.15) is 0 Å². The highest BCUT2D eigenvalue weighted by Gasteiger charge is 2.29. The number of ether oxygens (including phenoxy) is 1. The molecule has 0 aromatic carbocycles. The average Bonchev–Trinajstić information content (AvgIpc) is 2.19. The van der Waals surface area contributed by atoms with Crippen LogP contribution in [0.5, 0.6) is 0 Å². The summed E-state index contributed by atoms with van der Waals surface area (Å²) in [7, 11) is 0. The zero-order valence-electron chi connectivity index (χ0n) is 9.03. The van der Waals surface area contributed by atoms with E-state index in [4.69, 9.17) is 9.84 Å². The third-order valence-electron chi connectivity index (χ3n) is 2.58.